The fraction of sp³-hybridized carbons (Fsp3) is 0.900. The van der Waals surface area contributed by atoms with E-state index in [0.29, 0.717) is 6.61 Å². The summed E-state index contributed by atoms with van der Waals surface area (Å²) in [5.41, 5.74) is 0. The molecule has 0 fully saturated rings. The van der Waals surface area contributed by atoms with E-state index in [0.717, 1.165) is 0 Å². The van der Waals surface area contributed by atoms with Gasteiger partial charge in [-0.15, -0.1) is 0 Å². The minimum atomic E-state index is -2.64. The van der Waals surface area contributed by atoms with Crippen LogP contribution in [-0.4, -0.2) is 43.7 Å². The Morgan fingerprint density at radius 1 is 1.24 bits per heavy atom. The van der Waals surface area contributed by atoms with Gasteiger partial charge in [0.25, 0.3) is 0 Å². The van der Waals surface area contributed by atoms with Gasteiger partial charge in [-0.1, -0.05) is 26.7 Å². The molecule has 6 nitrogen and oxygen atoms in total. The number of amides is 1. The van der Waals surface area contributed by atoms with Crippen LogP contribution in [0.3, 0.4) is 0 Å². The summed E-state index contributed by atoms with van der Waals surface area (Å²) in [6.45, 7) is 6.34. The van der Waals surface area contributed by atoms with E-state index in [1.165, 1.54) is 24.9 Å². The molecule has 0 heterocycles. The molecule has 0 aromatic heterocycles. The predicted molar refractivity (Wildman–Crippen MR) is 69.5 cm³/mol. The van der Waals surface area contributed by atoms with Crippen LogP contribution in [0.15, 0.2) is 0 Å². The summed E-state index contributed by atoms with van der Waals surface area (Å²) in [6, 6.07) is 0. The van der Waals surface area contributed by atoms with Gasteiger partial charge in [-0.05, 0) is 6.92 Å². The van der Waals surface area contributed by atoms with Crippen LogP contribution in [0.4, 0.5) is 4.79 Å². The van der Waals surface area contributed by atoms with Crippen molar-refractivity contribution in [2.24, 2.45) is 0 Å². The van der Waals surface area contributed by atoms with Crippen LogP contribution in [0.25, 0.3) is 0 Å². The zero-order valence-corrected chi connectivity index (χ0v) is 12.6. The molecule has 0 spiro atoms. The molecule has 0 aromatic rings. The van der Waals surface area contributed by atoms with Crippen LogP contribution >= 0.6 is 8.25 Å². The van der Waals surface area contributed by atoms with Gasteiger partial charge in [0, 0.05) is 14.1 Å². The molecule has 0 aliphatic heterocycles. The molecule has 0 bridgehead atoms. The molecule has 0 rings (SSSR count). The highest BCUT2D eigenvalue weighted by Gasteiger charge is 1.97. The van der Waals surface area contributed by atoms with E-state index < -0.39 is 8.25 Å². The Balaban J connectivity index is -0.000000180. The van der Waals surface area contributed by atoms with Crippen LogP contribution in [0.2, 0.25) is 0 Å². The van der Waals surface area contributed by atoms with Crippen LogP contribution < -0.4 is 0 Å². The highest BCUT2D eigenvalue weighted by atomic mass is 31.1. The number of unbranched alkanes of at least 4 members (excludes halogenated alkanes) is 1. The van der Waals surface area contributed by atoms with E-state index in [2.05, 4.69) is 23.1 Å². The van der Waals surface area contributed by atoms with Gasteiger partial charge in [-0.3, -0.25) is 4.57 Å². The van der Waals surface area contributed by atoms with Crippen molar-refractivity contribution in [1.29, 1.82) is 0 Å². The number of ether oxygens (including phenoxy) is 1. The zero-order valence-electron chi connectivity index (χ0n) is 11.6. The first-order valence-corrected chi connectivity index (χ1v) is 6.74. The van der Waals surface area contributed by atoms with E-state index in [1.807, 2.05) is 0 Å². The first kappa shape index (κ1) is 21.7. The van der Waals surface area contributed by atoms with Crippen molar-refractivity contribution in [2.75, 3.05) is 27.8 Å². The maximum absolute atomic E-state index is 10.2. The van der Waals surface area contributed by atoms with E-state index in [4.69, 9.17) is 4.89 Å². The highest BCUT2D eigenvalue weighted by molar-refractivity contribution is 7.32. The van der Waals surface area contributed by atoms with Crippen molar-refractivity contribution >= 4 is 14.3 Å². The van der Waals surface area contributed by atoms with Gasteiger partial charge in [0.15, 0.2) is 0 Å². The van der Waals surface area contributed by atoms with Gasteiger partial charge in [-0.2, -0.15) is 0 Å². The lowest BCUT2D eigenvalue weighted by atomic mass is 10.4. The number of methoxy groups -OCH3 is 1. The molecular weight excluding hydrogens is 245 g/mol. The van der Waals surface area contributed by atoms with Gasteiger partial charge in [-0.25, -0.2) is 4.79 Å². The smallest absolute Gasteiger partial charge is 0.408 e. The normalized spacial score (nSPS) is 10.1. The average molecular weight is 271 g/mol. The molecular formula is C10H26NO5P. The number of rotatable bonds is 3. The number of carbonyl (C=O) groups excluding carboxylic acids is 1. The summed E-state index contributed by atoms with van der Waals surface area (Å²) < 4.78 is 18.0. The maximum Gasteiger partial charge on any atom is 0.408 e. The third-order valence-corrected chi connectivity index (χ3v) is 1.84. The van der Waals surface area contributed by atoms with E-state index >= 15 is 0 Å². The lowest BCUT2D eigenvalue weighted by molar-refractivity contribution is 0.141. The predicted octanol–water partition coefficient (Wildman–Crippen LogP) is 2.53. The zero-order chi connectivity index (χ0) is 14.3. The number of carbonyl (C=O) groups is 1. The number of nitrogens with zero attached hydrogens (tertiary/aromatic N) is 1. The monoisotopic (exact) mass is 271 g/mol. The van der Waals surface area contributed by atoms with Crippen molar-refractivity contribution in [3.63, 3.8) is 0 Å². The third kappa shape index (κ3) is 31.3. The molecule has 7 heteroatoms. The molecule has 1 N–H and O–H groups in total. The van der Waals surface area contributed by atoms with Crippen LogP contribution in [0, 0.1) is 0 Å². The fourth-order valence-corrected chi connectivity index (χ4v) is 0.553. The van der Waals surface area contributed by atoms with Gasteiger partial charge < -0.3 is 19.1 Å². The van der Waals surface area contributed by atoms with Gasteiger partial charge >= 0.3 is 14.3 Å². The second-order valence-corrected chi connectivity index (χ2v) is 3.88. The van der Waals surface area contributed by atoms with E-state index in [1.54, 1.807) is 21.0 Å². The van der Waals surface area contributed by atoms with Gasteiger partial charge in [0.05, 0.1) is 13.7 Å². The lowest BCUT2D eigenvalue weighted by Crippen LogP contribution is -2.20. The minimum absolute atomic E-state index is 0.314. The first-order valence-electron chi connectivity index (χ1n) is 5.48. The number of hydrogen-bond acceptors (Lipinski definition) is 4. The van der Waals surface area contributed by atoms with Crippen molar-refractivity contribution < 1.29 is 23.5 Å². The maximum atomic E-state index is 10.2. The Morgan fingerprint density at radius 3 is 1.65 bits per heavy atom. The van der Waals surface area contributed by atoms with Crippen molar-refractivity contribution in [3.05, 3.63) is 0 Å². The standard InChI is InChI=1S/C4H9NO2.C4H10.C2H7O3P/c1-5(2)4(6)7-3;1-3-4-2;1-2-5-6(3)4/h1-3H3;3-4H2,1-2H3;6H,2H2,1H3,(H,3,4). The lowest BCUT2D eigenvalue weighted by Gasteiger charge is -2.05. The number of hydrogen-bond donors (Lipinski definition) is 1. The Hall–Kier alpha value is -0.580. The molecule has 0 saturated carbocycles. The third-order valence-electron chi connectivity index (χ3n) is 1.31. The summed E-state index contributed by atoms with van der Waals surface area (Å²) in [6.07, 6.45) is 2.32. The van der Waals surface area contributed by atoms with Gasteiger partial charge in [0.1, 0.15) is 0 Å². The summed E-state index contributed by atoms with van der Waals surface area (Å²) >= 11 is 0. The summed E-state index contributed by atoms with van der Waals surface area (Å²) in [7, 11) is 1.98. The SMILES string of the molecule is CCCC.CCO[PH](=O)O.COC(=O)N(C)C. The Labute approximate surface area is 105 Å². The van der Waals surface area contributed by atoms with Crippen molar-refractivity contribution in [2.45, 2.75) is 33.6 Å². The molecule has 1 amide bonds. The quantitative estimate of drug-likeness (QED) is 0.798. The molecule has 1 unspecified atom stereocenters. The average Bonchev–Trinajstić information content (AvgIpc) is 2.28. The van der Waals surface area contributed by atoms with E-state index in [-0.39, 0.29) is 6.09 Å². The molecule has 1 atom stereocenters. The summed E-state index contributed by atoms with van der Waals surface area (Å²) in [5, 5.41) is 0. The largest absolute Gasteiger partial charge is 0.453 e. The summed E-state index contributed by atoms with van der Waals surface area (Å²) in [4.78, 5) is 19.5. The van der Waals surface area contributed by atoms with Gasteiger partial charge in [0.2, 0.25) is 0 Å². The molecule has 0 aliphatic carbocycles. The van der Waals surface area contributed by atoms with Crippen molar-refractivity contribution in [3.8, 4) is 0 Å². The topological polar surface area (TPSA) is 76.1 Å². The molecule has 17 heavy (non-hydrogen) atoms. The van der Waals surface area contributed by atoms with E-state index in [9.17, 15) is 9.36 Å². The molecule has 0 aliphatic rings. The molecule has 0 saturated heterocycles. The fourth-order valence-electron chi connectivity index (χ4n) is 0.306. The Bertz CT molecular complexity index is 186. The minimum Gasteiger partial charge on any atom is -0.453 e. The molecule has 0 aromatic carbocycles. The second-order valence-electron chi connectivity index (χ2n) is 3.06. The Kier molecular flexibility index (Phi) is 22.7. The molecule has 106 valence electrons. The highest BCUT2D eigenvalue weighted by Crippen LogP contribution is 2.12. The summed E-state index contributed by atoms with van der Waals surface area (Å²) in [5.74, 6) is 0. The second kappa shape index (κ2) is 17.8. The van der Waals surface area contributed by atoms with Crippen LogP contribution in [-0.2, 0) is 13.8 Å². The van der Waals surface area contributed by atoms with Crippen molar-refractivity contribution in [1.82, 2.24) is 4.90 Å². The molecule has 0 radical (unpaired) electrons. The first-order chi connectivity index (χ1) is 7.87. The van der Waals surface area contributed by atoms with Crippen LogP contribution in [0.1, 0.15) is 33.6 Å². The Morgan fingerprint density at radius 2 is 1.65 bits per heavy atom. The van der Waals surface area contributed by atoms with Crippen LogP contribution in [0.5, 0.6) is 0 Å².